The number of para-hydroxylation sites is 1. The van der Waals surface area contributed by atoms with Gasteiger partial charge in [-0.2, -0.15) is 0 Å². The first kappa shape index (κ1) is 15.9. The zero-order valence-electron chi connectivity index (χ0n) is 13.5. The molecule has 1 nitrogen and oxygen atoms in total. The van der Waals surface area contributed by atoms with Gasteiger partial charge in [-0.25, -0.2) is 0 Å². The summed E-state index contributed by atoms with van der Waals surface area (Å²) in [5, 5.41) is 1.19. The minimum absolute atomic E-state index is 0.651. The van der Waals surface area contributed by atoms with E-state index < -0.39 is 0 Å². The van der Waals surface area contributed by atoms with Crippen molar-refractivity contribution in [3.63, 3.8) is 0 Å². The number of rotatable bonds is 9. The van der Waals surface area contributed by atoms with Crippen molar-refractivity contribution in [2.45, 2.75) is 58.8 Å². The molecule has 1 heterocycles. The molecule has 0 unspecified atom stereocenters. The first-order chi connectivity index (χ1) is 10.2. The number of benzene rings is 1. The summed E-state index contributed by atoms with van der Waals surface area (Å²) in [5.74, 6) is 1.71. The van der Waals surface area contributed by atoms with Crippen molar-refractivity contribution < 1.29 is 4.42 Å². The summed E-state index contributed by atoms with van der Waals surface area (Å²) in [6.45, 7) is 8.89. The molecule has 0 atom stereocenters. The predicted octanol–water partition coefficient (Wildman–Crippen LogP) is 6.53. The SMILES string of the molecule is C=C(Cc1cc2ccccc2o1)C(CCCC)CCCC. The fraction of sp³-hybridized carbons (Fsp3) is 0.500. The lowest BCUT2D eigenvalue weighted by atomic mass is 9.87. The monoisotopic (exact) mass is 284 g/mol. The Hall–Kier alpha value is -1.50. The molecule has 0 spiro atoms. The van der Waals surface area contributed by atoms with E-state index in [1.807, 2.05) is 12.1 Å². The summed E-state index contributed by atoms with van der Waals surface area (Å²) in [4.78, 5) is 0. The van der Waals surface area contributed by atoms with Crippen molar-refractivity contribution in [1.29, 1.82) is 0 Å². The van der Waals surface area contributed by atoms with Crippen LogP contribution in [-0.2, 0) is 6.42 Å². The summed E-state index contributed by atoms with van der Waals surface area (Å²) >= 11 is 0. The molecule has 114 valence electrons. The van der Waals surface area contributed by atoms with Gasteiger partial charge < -0.3 is 4.42 Å². The van der Waals surface area contributed by atoms with Gasteiger partial charge in [0.05, 0.1) is 0 Å². The van der Waals surface area contributed by atoms with Crippen LogP contribution in [0.25, 0.3) is 11.0 Å². The molecule has 0 aliphatic heterocycles. The average molecular weight is 284 g/mol. The number of hydrogen-bond acceptors (Lipinski definition) is 1. The normalized spacial score (nSPS) is 11.4. The molecule has 21 heavy (non-hydrogen) atoms. The molecule has 0 saturated heterocycles. The standard InChI is InChI=1S/C20H28O/c1-4-6-10-17(11-7-5-2)16(3)14-19-15-18-12-8-9-13-20(18)21-19/h8-9,12-13,15,17H,3-7,10-11,14H2,1-2H3. The first-order valence-electron chi connectivity index (χ1n) is 8.39. The largest absolute Gasteiger partial charge is 0.461 e. The Bertz CT molecular complexity index is 523. The van der Waals surface area contributed by atoms with Gasteiger partial charge in [0.2, 0.25) is 0 Å². The van der Waals surface area contributed by atoms with E-state index in [2.05, 4.69) is 38.6 Å². The molecule has 2 aromatic rings. The van der Waals surface area contributed by atoms with Crippen molar-refractivity contribution in [2.24, 2.45) is 5.92 Å². The molecule has 0 amide bonds. The second-order valence-corrected chi connectivity index (χ2v) is 6.07. The maximum absolute atomic E-state index is 5.94. The Kier molecular flexibility index (Phi) is 6.10. The molecule has 1 aromatic carbocycles. The van der Waals surface area contributed by atoms with Crippen LogP contribution in [-0.4, -0.2) is 0 Å². The van der Waals surface area contributed by atoms with Crippen molar-refractivity contribution in [2.75, 3.05) is 0 Å². The quantitative estimate of drug-likeness (QED) is 0.477. The molecule has 0 saturated carbocycles. The maximum Gasteiger partial charge on any atom is 0.134 e. The second kappa shape index (κ2) is 8.07. The number of hydrogen-bond donors (Lipinski definition) is 0. The van der Waals surface area contributed by atoms with Crippen LogP contribution in [0.15, 0.2) is 46.9 Å². The van der Waals surface area contributed by atoms with Crippen molar-refractivity contribution in [1.82, 2.24) is 0 Å². The van der Waals surface area contributed by atoms with Crippen LogP contribution in [0, 0.1) is 5.92 Å². The van der Waals surface area contributed by atoms with E-state index in [1.165, 1.54) is 49.5 Å². The van der Waals surface area contributed by atoms with E-state index in [9.17, 15) is 0 Å². The summed E-state index contributed by atoms with van der Waals surface area (Å²) in [5.41, 5.74) is 2.33. The summed E-state index contributed by atoms with van der Waals surface area (Å²) in [7, 11) is 0. The summed E-state index contributed by atoms with van der Waals surface area (Å²) in [6, 6.07) is 10.4. The average Bonchev–Trinajstić information content (AvgIpc) is 2.89. The minimum atomic E-state index is 0.651. The van der Waals surface area contributed by atoms with E-state index in [0.717, 1.165) is 17.8 Å². The fourth-order valence-corrected chi connectivity index (χ4v) is 2.95. The third-order valence-electron chi connectivity index (χ3n) is 4.27. The Morgan fingerprint density at radius 2 is 1.76 bits per heavy atom. The van der Waals surface area contributed by atoms with Crippen LogP contribution >= 0.6 is 0 Å². The van der Waals surface area contributed by atoms with E-state index in [1.54, 1.807) is 0 Å². The van der Waals surface area contributed by atoms with Crippen LogP contribution in [0.4, 0.5) is 0 Å². The van der Waals surface area contributed by atoms with Gasteiger partial charge in [0.1, 0.15) is 11.3 Å². The lowest BCUT2D eigenvalue weighted by molar-refractivity contribution is 0.458. The molecule has 0 aliphatic rings. The van der Waals surface area contributed by atoms with Gasteiger partial charge in [0, 0.05) is 11.8 Å². The highest BCUT2D eigenvalue weighted by Crippen LogP contribution is 2.28. The molecule has 1 heteroatoms. The van der Waals surface area contributed by atoms with Gasteiger partial charge in [-0.1, -0.05) is 69.9 Å². The lowest BCUT2D eigenvalue weighted by Gasteiger charge is -2.18. The molecule has 2 rings (SSSR count). The Labute approximate surface area is 129 Å². The zero-order chi connectivity index (χ0) is 15.1. The van der Waals surface area contributed by atoms with E-state index in [0.29, 0.717) is 5.92 Å². The van der Waals surface area contributed by atoms with Crippen LogP contribution in [0.3, 0.4) is 0 Å². The summed E-state index contributed by atoms with van der Waals surface area (Å²) < 4.78 is 5.94. The van der Waals surface area contributed by atoms with Gasteiger partial charge in [0.25, 0.3) is 0 Å². The van der Waals surface area contributed by atoms with E-state index in [4.69, 9.17) is 4.42 Å². The smallest absolute Gasteiger partial charge is 0.134 e. The minimum Gasteiger partial charge on any atom is -0.461 e. The molecular formula is C20H28O. The van der Waals surface area contributed by atoms with Crippen molar-refractivity contribution >= 4 is 11.0 Å². The van der Waals surface area contributed by atoms with Gasteiger partial charge >= 0.3 is 0 Å². The van der Waals surface area contributed by atoms with Crippen molar-refractivity contribution in [3.05, 3.63) is 48.2 Å². The van der Waals surface area contributed by atoms with Crippen LogP contribution in [0.5, 0.6) is 0 Å². The lowest BCUT2D eigenvalue weighted by Crippen LogP contribution is -2.06. The van der Waals surface area contributed by atoms with Crippen LogP contribution in [0.1, 0.15) is 58.1 Å². The highest BCUT2D eigenvalue weighted by molar-refractivity contribution is 5.77. The van der Waals surface area contributed by atoms with Gasteiger partial charge in [-0.3, -0.25) is 0 Å². The number of unbranched alkanes of at least 4 members (excludes halogenated alkanes) is 2. The molecule has 0 aliphatic carbocycles. The molecule has 0 N–H and O–H groups in total. The van der Waals surface area contributed by atoms with Crippen LogP contribution in [0.2, 0.25) is 0 Å². The van der Waals surface area contributed by atoms with Gasteiger partial charge in [0.15, 0.2) is 0 Å². The van der Waals surface area contributed by atoms with Crippen LogP contribution < -0.4 is 0 Å². The van der Waals surface area contributed by atoms with Crippen molar-refractivity contribution in [3.8, 4) is 0 Å². The van der Waals surface area contributed by atoms with E-state index >= 15 is 0 Å². The molecule has 0 bridgehead atoms. The predicted molar refractivity (Wildman–Crippen MR) is 91.6 cm³/mol. The molecular weight excluding hydrogens is 256 g/mol. The summed E-state index contributed by atoms with van der Waals surface area (Å²) in [6.07, 6.45) is 8.56. The van der Waals surface area contributed by atoms with Gasteiger partial charge in [-0.05, 0) is 30.9 Å². The third-order valence-corrected chi connectivity index (χ3v) is 4.27. The zero-order valence-corrected chi connectivity index (χ0v) is 13.5. The fourth-order valence-electron chi connectivity index (χ4n) is 2.95. The molecule has 1 aromatic heterocycles. The van der Waals surface area contributed by atoms with E-state index in [-0.39, 0.29) is 0 Å². The molecule has 0 fully saturated rings. The van der Waals surface area contributed by atoms with Gasteiger partial charge in [-0.15, -0.1) is 0 Å². The highest BCUT2D eigenvalue weighted by Gasteiger charge is 2.14. The number of fused-ring (bicyclic) bond motifs is 1. The first-order valence-corrected chi connectivity index (χ1v) is 8.39. The Balaban J connectivity index is 2.02. The maximum atomic E-state index is 5.94. The number of allylic oxidation sites excluding steroid dienone is 1. The number of furan rings is 1. The topological polar surface area (TPSA) is 13.1 Å². The Morgan fingerprint density at radius 3 is 2.38 bits per heavy atom. The third kappa shape index (κ3) is 4.49. The highest BCUT2D eigenvalue weighted by atomic mass is 16.3. The Morgan fingerprint density at radius 1 is 1.10 bits per heavy atom. The molecule has 0 radical (unpaired) electrons. The second-order valence-electron chi connectivity index (χ2n) is 6.07.